The van der Waals surface area contributed by atoms with E-state index in [4.69, 9.17) is 11.6 Å². The molecular formula is C16H17BrClN. The zero-order chi connectivity index (χ0) is 13.7. The summed E-state index contributed by atoms with van der Waals surface area (Å²) in [5.74, 6) is 0.543. The lowest BCUT2D eigenvalue weighted by molar-refractivity contribution is 0.589. The maximum Gasteiger partial charge on any atom is 0.0621 e. The zero-order valence-corrected chi connectivity index (χ0v) is 13.3. The fourth-order valence-corrected chi connectivity index (χ4v) is 2.87. The van der Waals surface area contributed by atoms with Gasteiger partial charge < -0.3 is 0 Å². The summed E-state index contributed by atoms with van der Waals surface area (Å²) in [6.45, 7) is 2.17. The van der Waals surface area contributed by atoms with E-state index in [9.17, 15) is 0 Å². The minimum absolute atomic E-state index is 0.543. The van der Waals surface area contributed by atoms with E-state index in [0.717, 1.165) is 23.2 Å². The van der Waals surface area contributed by atoms with Crippen molar-refractivity contribution in [1.82, 2.24) is 4.98 Å². The van der Waals surface area contributed by atoms with Crippen LogP contribution in [-0.4, -0.2) is 10.3 Å². The van der Waals surface area contributed by atoms with Gasteiger partial charge in [0, 0.05) is 17.7 Å². The second kappa shape index (κ2) is 7.06. The van der Waals surface area contributed by atoms with Crippen molar-refractivity contribution >= 4 is 27.5 Å². The molecular weight excluding hydrogens is 322 g/mol. The third-order valence-corrected chi connectivity index (χ3v) is 4.61. The van der Waals surface area contributed by atoms with Crippen LogP contribution >= 0.6 is 27.5 Å². The van der Waals surface area contributed by atoms with Gasteiger partial charge in [-0.3, -0.25) is 4.98 Å². The van der Waals surface area contributed by atoms with Crippen molar-refractivity contribution in [3.8, 4) is 0 Å². The van der Waals surface area contributed by atoms with Crippen molar-refractivity contribution in [1.29, 1.82) is 0 Å². The molecule has 0 N–H and O–H groups in total. The molecule has 19 heavy (non-hydrogen) atoms. The van der Waals surface area contributed by atoms with E-state index >= 15 is 0 Å². The third kappa shape index (κ3) is 4.05. The number of halogens is 2. The van der Waals surface area contributed by atoms with Crippen LogP contribution in [0.1, 0.15) is 16.7 Å². The summed E-state index contributed by atoms with van der Waals surface area (Å²) in [7, 11) is 0. The lowest BCUT2D eigenvalue weighted by Gasteiger charge is -2.16. The Balaban J connectivity index is 2.09. The Hall–Kier alpha value is -0.860. The van der Waals surface area contributed by atoms with E-state index in [2.05, 4.69) is 52.1 Å². The quantitative estimate of drug-likeness (QED) is 0.711. The van der Waals surface area contributed by atoms with Crippen molar-refractivity contribution in [2.24, 2.45) is 5.92 Å². The Morgan fingerprint density at radius 1 is 1.16 bits per heavy atom. The monoisotopic (exact) mass is 337 g/mol. The van der Waals surface area contributed by atoms with Crippen LogP contribution in [0.3, 0.4) is 0 Å². The summed E-state index contributed by atoms with van der Waals surface area (Å²) in [6, 6.07) is 10.6. The van der Waals surface area contributed by atoms with Crippen LogP contribution in [0.15, 0.2) is 42.7 Å². The van der Waals surface area contributed by atoms with Gasteiger partial charge in [-0.25, -0.2) is 0 Å². The molecule has 1 nitrogen and oxygen atoms in total. The van der Waals surface area contributed by atoms with Crippen LogP contribution in [0, 0.1) is 12.8 Å². The molecule has 1 unspecified atom stereocenters. The van der Waals surface area contributed by atoms with Crippen molar-refractivity contribution in [3.05, 3.63) is 64.4 Å². The Morgan fingerprint density at radius 2 is 1.89 bits per heavy atom. The minimum atomic E-state index is 0.543. The molecule has 3 heteroatoms. The van der Waals surface area contributed by atoms with Crippen LogP contribution < -0.4 is 0 Å². The molecule has 1 atom stereocenters. The normalized spacial score (nSPS) is 12.4. The summed E-state index contributed by atoms with van der Waals surface area (Å²) < 4.78 is 0. The summed E-state index contributed by atoms with van der Waals surface area (Å²) in [4.78, 5) is 4.03. The molecule has 0 radical (unpaired) electrons. The zero-order valence-electron chi connectivity index (χ0n) is 10.9. The molecule has 0 aliphatic carbocycles. The van der Waals surface area contributed by atoms with Crippen LogP contribution in [0.5, 0.6) is 0 Å². The third-order valence-electron chi connectivity index (χ3n) is 3.35. The molecule has 2 rings (SSSR count). The topological polar surface area (TPSA) is 12.9 Å². The van der Waals surface area contributed by atoms with Crippen molar-refractivity contribution in [2.75, 3.05) is 5.33 Å². The number of alkyl halides is 1. The number of nitrogens with zero attached hydrogens (tertiary/aromatic N) is 1. The van der Waals surface area contributed by atoms with E-state index in [1.54, 1.807) is 12.4 Å². The Kier molecular flexibility index (Phi) is 5.41. The molecule has 0 fully saturated rings. The highest BCUT2D eigenvalue weighted by Gasteiger charge is 2.12. The van der Waals surface area contributed by atoms with Crippen molar-refractivity contribution in [2.45, 2.75) is 19.8 Å². The largest absolute Gasteiger partial charge is 0.263 e. The molecule has 0 saturated heterocycles. The Bertz CT molecular complexity index is 494. The molecule has 0 aliphatic rings. The second-order valence-electron chi connectivity index (χ2n) is 4.82. The highest BCUT2D eigenvalue weighted by molar-refractivity contribution is 9.09. The first-order valence-electron chi connectivity index (χ1n) is 6.39. The molecule has 0 amide bonds. The number of aryl methyl sites for hydroxylation is 1. The van der Waals surface area contributed by atoms with Gasteiger partial charge in [0.15, 0.2) is 0 Å². The number of hydrogen-bond donors (Lipinski definition) is 0. The predicted octanol–water partition coefficient (Wildman–Crippen LogP) is 4.84. The van der Waals surface area contributed by atoms with E-state index in [1.165, 1.54) is 16.7 Å². The van der Waals surface area contributed by atoms with E-state index in [-0.39, 0.29) is 0 Å². The lowest BCUT2D eigenvalue weighted by Crippen LogP contribution is -2.11. The van der Waals surface area contributed by atoms with Crippen LogP contribution in [0.4, 0.5) is 0 Å². The fourth-order valence-electron chi connectivity index (χ4n) is 2.21. The van der Waals surface area contributed by atoms with Gasteiger partial charge in [-0.05, 0) is 48.4 Å². The van der Waals surface area contributed by atoms with Gasteiger partial charge in [0.25, 0.3) is 0 Å². The molecule has 1 heterocycles. The summed E-state index contributed by atoms with van der Waals surface area (Å²) in [5.41, 5.74) is 3.95. The SMILES string of the molecule is Cc1ccccc1CC(CBr)Cc1ccncc1Cl. The average molecular weight is 339 g/mol. The van der Waals surface area contributed by atoms with Gasteiger partial charge in [-0.2, -0.15) is 0 Å². The van der Waals surface area contributed by atoms with Gasteiger partial charge >= 0.3 is 0 Å². The summed E-state index contributed by atoms with van der Waals surface area (Å²) in [5, 5.41) is 1.73. The molecule has 2 aromatic rings. The Labute approximate surface area is 128 Å². The molecule has 0 saturated carbocycles. The summed E-state index contributed by atoms with van der Waals surface area (Å²) >= 11 is 9.80. The van der Waals surface area contributed by atoms with Crippen LogP contribution in [0.25, 0.3) is 0 Å². The first kappa shape index (κ1) is 14.5. The maximum absolute atomic E-state index is 6.18. The minimum Gasteiger partial charge on any atom is -0.263 e. The molecule has 1 aromatic carbocycles. The van der Waals surface area contributed by atoms with Crippen molar-refractivity contribution < 1.29 is 0 Å². The second-order valence-corrected chi connectivity index (χ2v) is 5.88. The van der Waals surface area contributed by atoms with E-state index < -0.39 is 0 Å². The van der Waals surface area contributed by atoms with Gasteiger partial charge in [-0.15, -0.1) is 0 Å². The first-order chi connectivity index (χ1) is 9.20. The predicted molar refractivity (Wildman–Crippen MR) is 85.1 cm³/mol. The summed E-state index contributed by atoms with van der Waals surface area (Å²) in [6.07, 6.45) is 5.56. The van der Waals surface area contributed by atoms with E-state index in [1.807, 2.05) is 6.07 Å². The molecule has 0 bridgehead atoms. The number of hydrogen-bond acceptors (Lipinski definition) is 1. The molecule has 0 aliphatic heterocycles. The van der Waals surface area contributed by atoms with Crippen LogP contribution in [-0.2, 0) is 12.8 Å². The fraction of sp³-hybridized carbons (Fsp3) is 0.312. The molecule has 1 aromatic heterocycles. The smallest absolute Gasteiger partial charge is 0.0621 e. The van der Waals surface area contributed by atoms with Gasteiger partial charge in [0.05, 0.1) is 5.02 Å². The first-order valence-corrected chi connectivity index (χ1v) is 7.89. The molecule has 100 valence electrons. The van der Waals surface area contributed by atoms with Gasteiger partial charge in [0.2, 0.25) is 0 Å². The average Bonchev–Trinajstić information content (AvgIpc) is 2.42. The number of pyridine rings is 1. The molecule has 0 spiro atoms. The van der Waals surface area contributed by atoms with E-state index in [0.29, 0.717) is 5.92 Å². The Morgan fingerprint density at radius 3 is 2.58 bits per heavy atom. The number of rotatable bonds is 5. The van der Waals surface area contributed by atoms with Crippen molar-refractivity contribution in [3.63, 3.8) is 0 Å². The van der Waals surface area contributed by atoms with Gasteiger partial charge in [-0.1, -0.05) is 51.8 Å². The number of aromatic nitrogens is 1. The highest BCUT2D eigenvalue weighted by Crippen LogP contribution is 2.22. The standard InChI is InChI=1S/C16H17BrClN/c1-12-4-2-3-5-14(12)8-13(10-17)9-15-6-7-19-11-16(15)18/h2-7,11,13H,8-10H2,1H3. The highest BCUT2D eigenvalue weighted by atomic mass is 79.9. The van der Waals surface area contributed by atoms with Gasteiger partial charge in [0.1, 0.15) is 0 Å². The maximum atomic E-state index is 6.18. The lowest BCUT2D eigenvalue weighted by atomic mass is 9.92. The van der Waals surface area contributed by atoms with Crippen LogP contribution in [0.2, 0.25) is 5.02 Å². The number of benzene rings is 1.